The van der Waals surface area contributed by atoms with E-state index in [0.29, 0.717) is 0 Å². The second-order valence-electron chi connectivity index (χ2n) is 6.64. The summed E-state index contributed by atoms with van der Waals surface area (Å²) in [5.41, 5.74) is 2.58. The summed E-state index contributed by atoms with van der Waals surface area (Å²) in [6.07, 6.45) is 0.256. The summed E-state index contributed by atoms with van der Waals surface area (Å²) in [6, 6.07) is 13.8. The van der Waals surface area contributed by atoms with Crippen LogP contribution in [0.5, 0.6) is 0 Å². The topological polar surface area (TPSA) is 78.4 Å². The van der Waals surface area contributed by atoms with E-state index in [-0.39, 0.29) is 24.9 Å². The molecule has 1 unspecified atom stereocenters. The van der Waals surface area contributed by atoms with Crippen LogP contribution in [0, 0.1) is 0 Å². The highest BCUT2D eigenvalue weighted by molar-refractivity contribution is 8.04. The van der Waals surface area contributed by atoms with Crippen molar-refractivity contribution in [2.45, 2.75) is 40.1 Å². The zero-order chi connectivity index (χ0) is 21.1. The minimum Gasteiger partial charge on any atom is -0.465 e. The van der Waals surface area contributed by atoms with Crippen LogP contribution in [0.3, 0.4) is 0 Å². The second kappa shape index (κ2) is 8.95. The normalized spacial score (nSPS) is 17.7. The molecule has 9 heteroatoms. The van der Waals surface area contributed by atoms with Gasteiger partial charge in [0.05, 0.1) is 24.9 Å². The van der Waals surface area contributed by atoms with Gasteiger partial charge in [-0.25, -0.2) is 9.59 Å². The minimum absolute atomic E-state index is 0.141. The molecule has 2 aromatic carbocycles. The fourth-order valence-corrected chi connectivity index (χ4v) is 6.74. The summed E-state index contributed by atoms with van der Waals surface area (Å²) in [7, 11) is 0. The Morgan fingerprint density at radius 1 is 1.00 bits per heavy atom. The molecule has 0 saturated heterocycles. The number of fused-ring (bicyclic) bond motifs is 2. The first kappa shape index (κ1) is 21.1. The van der Waals surface area contributed by atoms with E-state index in [2.05, 4.69) is 8.75 Å². The van der Waals surface area contributed by atoms with Gasteiger partial charge in [-0.1, -0.05) is 42.1 Å². The molecular weight excluding hydrogens is 440 g/mol. The molecule has 0 bridgehead atoms. The van der Waals surface area contributed by atoms with Gasteiger partial charge in [0, 0.05) is 21.5 Å². The van der Waals surface area contributed by atoms with E-state index < -0.39 is 16.7 Å². The van der Waals surface area contributed by atoms with Crippen LogP contribution < -0.4 is 0 Å². The lowest BCUT2D eigenvalue weighted by Crippen LogP contribution is -2.46. The highest BCUT2D eigenvalue weighted by atomic mass is 32.2. The molecule has 30 heavy (non-hydrogen) atoms. The van der Waals surface area contributed by atoms with Gasteiger partial charge in [-0.3, -0.25) is 0 Å². The third kappa shape index (κ3) is 3.93. The Kier molecular flexibility index (Phi) is 6.31. The standard InChI is InChI=1S/C21H20N2O4S3/c1-3-26-19(24)21(20(25)27-4-2)12-18(13-8-6-5-7-9-13)28-16-10-14-15(23-30-22-14)11-17(16)29-21/h5-11,18H,3-4,12H2,1-2H3. The van der Waals surface area contributed by atoms with Gasteiger partial charge in [0.2, 0.25) is 4.75 Å². The van der Waals surface area contributed by atoms with Gasteiger partial charge in [0.1, 0.15) is 11.0 Å². The largest absolute Gasteiger partial charge is 0.465 e. The fraction of sp³-hybridized carbons (Fsp3) is 0.333. The number of nitrogens with zero attached hydrogens (tertiary/aromatic N) is 2. The summed E-state index contributed by atoms with van der Waals surface area (Å²) < 4.78 is 17.9. The highest BCUT2D eigenvalue weighted by Gasteiger charge is 2.53. The quantitative estimate of drug-likeness (QED) is 0.394. The number of carbonyl (C=O) groups excluding carboxylic acids is 2. The van der Waals surface area contributed by atoms with E-state index in [0.717, 1.165) is 38.1 Å². The number of rotatable bonds is 5. The molecule has 6 nitrogen and oxygen atoms in total. The average molecular weight is 461 g/mol. The Hall–Kier alpha value is -2.10. The van der Waals surface area contributed by atoms with Crippen molar-refractivity contribution < 1.29 is 19.1 Å². The predicted molar refractivity (Wildman–Crippen MR) is 119 cm³/mol. The van der Waals surface area contributed by atoms with E-state index in [4.69, 9.17) is 9.47 Å². The van der Waals surface area contributed by atoms with Gasteiger partial charge in [-0.2, -0.15) is 8.75 Å². The van der Waals surface area contributed by atoms with E-state index in [1.165, 1.54) is 11.8 Å². The number of thioether (sulfide) groups is 2. The zero-order valence-corrected chi connectivity index (χ0v) is 18.9. The maximum atomic E-state index is 13.2. The molecule has 0 saturated carbocycles. The SMILES string of the molecule is CCOC(=O)C1(C(=O)OCC)CC(c2ccccc2)Sc2cc3nsnc3cc2S1. The second-order valence-corrected chi connectivity index (χ2v) is 9.76. The maximum absolute atomic E-state index is 13.2. The van der Waals surface area contributed by atoms with Gasteiger partial charge >= 0.3 is 11.9 Å². The van der Waals surface area contributed by atoms with Crippen LogP contribution in [0.4, 0.5) is 0 Å². The molecule has 0 N–H and O–H groups in total. The summed E-state index contributed by atoms with van der Waals surface area (Å²) in [5.74, 6) is -1.14. The molecule has 4 rings (SSSR count). The predicted octanol–water partition coefficient (Wildman–Crippen LogP) is 4.89. The molecule has 1 aliphatic heterocycles. The lowest BCUT2D eigenvalue weighted by molar-refractivity contribution is -0.159. The van der Waals surface area contributed by atoms with Gasteiger partial charge in [-0.15, -0.1) is 11.8 Å². The van der Waals surface area contributed by atoms with Crippen molar-refractivity contribution >= 4 is 58.2 Å². The van der Waals surface area contributed by atoms with Crippen molar-refractivity contribution in [1.29, 1.82) is 0 Å². The number of aromatic nitrogens is 2. The molecule has 1 atom stereocenters. The number of ether oxygens (including phenoxy) is 2. The first-order chi connectivity index (χ1) is 14.6. The molecular formula is C21H20N2O4S3. The smallest absolute Gasteiger partial charge is 0.334 e. The van der Waals surface area contributed by atoms with Crippen LogP contribution in [0.2, 0.25) is 0 Å². The van der Waals surface area contributed by atoms with Crippen LogP contribution in [0.1, 0.15) is 31.1 Å². The zero-order valence-electron chi connectivity index (χ0n) is 16.5. The lowest BCUT2D eigenvalue weighted by atomic mass is 9.97. The lowest BCUT2D eigenvalue weighted by Gasteiger charge is -2.29. The Morgan fingerprint density at radius 2 is 1.60 bits per heavy atom. The number of esters is 2. The number of hydrogen-bond donors (Lipinski definition) is 0. The first-order valence-electron chi connectivity index (χ1n) is 9.58. The van der Waals surface area contributed by atoms with Crippen LogP contribution in [-0.2, 0) is 19.1 Å². The minimum atomic E-state index is -1.50. The number of hydrogen-bond acceptors (Lipinski definition) is 9. The van der Waals surface area contributed by atoms with E-state index >= 15 is 0 Å². The Labute approximate surface area is 187 Å². The molecule has 1 aromatic heterocycles. The maximum Gasteiger partial charge on any atom is 0.334 e. The fourth-order valence-electron chi connectivity index (χ4n) is 3.33. The number of carbonyl (C=O) groups is 2. The Morgan fingerprint density at radius 3 is 2.20 bits per heavy atom. The summed E-state index contributed by atoms with van der Waals surface area (Å²) in [4.78, 5) is 28.2. The van der Waals surface area contributed by atoms with Crippen molar-refractivity contribution in [3.63, 3.8) is 0 Å². The van der Waals surface area contributed by atoms with Crippen LogP contribution in [0.15, 0.2) is 52.3 Å². The van der Waals surface area contributed by atoms with Crippen molar-refractivity contribution in [3.8, 4) is 0 Å². The molecule has 3 aromatic rings. The molecule has 2 heterocycles. The van der Waals surface area contributed by atoms with Crippen LogP contribution >= 0.6 is 35.3 Å². The monoisotopic (exact) mass is 460 g/mol. The first-order valence-corrected chi connectivity index (χ1v) is 12.0. The molecule has 1 aliphatic rings. The molecule has 0 fully saturated rings. The molecule has 0 radical (unpaired) electrons. The van der Waals surface area contributed by atoms with Crippen molar-refractivity contribution in [3.05, 3.63) is 48.0 Å². The number of benzene rings is 2. The Bertz CT molecular complexity index is 1050. The highest BCUT2D eigenvalue weighted by Crippen LogP contribution is 2.55. The summed E-state index contributed by atoms with van der Waals surface area (Å²) in [6.45, 7) is 3.84. The van der Waals surface area contributed by atoms with Gasteiger partial charge in [0.15, 0.2) is 0 Å². The third-order valence-corrected chi connectivity index (χ3v) is 8.13. The Balaban J connectivity index is 1.89. The third-order valence-electron chi connectivity index (χ3n) is 4.73. The molecule has 0 spiro atoms. The summed E-state index contributed by atoms with van der Waals surface area (Å²) in [5, 5.41) is -0.141. The van der Waals surface area contributed by atoms with E-state index in [1.54, 1.807) is 25.6 Å². The van der Waals surface area contributed by atoms with Gasteiger partial charge < -0.3 is 9.47 Å². The average Bonchev–Trinajstić information content (AvgIpc) is 3.12. The van der Waals surface area contributed by atoms with Crippen molar-refractivity contribution in [2.75, 3.05) is 13.2 Å². The van der Waals surface area contributed by atoms with E-state index in [9.17, 15) is 9.59 Å². The molecule has 0 aliphatic carbocycles. The van der Waals surface area contributed by atoms with Crippen LogP contribution in [0.25, 0.3) is 11.0 Å². The van der Waals surface area contributed by atoms with E-state index in [1.807, 2.05) is 42.5 Å². The summed E-state index contributed by atoms with van der Waals surface area (Å²) >= 11 is 3.97. The molecule has 156 valence electrons. The van der Waals surface area contributed by atoms with Crippen LogP contribution in [-0.4, -0.2) is 38.6 Å². The van der Waals surface area contributed by atoms with Gasteiger partial charge in [-0.05, 0) is 31.5 Å². The van der Waals surface area contributed by atoms with Crippen molar-refractivity contribution in [1.82, 2.24) is 8.75 Å². The van der Waals surface area contributed by atoms with Gasteiger partial charge in [0.25, 0.3) is 0 Å². The molecule has 0 amide bonds. The van der Waals surface area contributed by atoms with Crippen molar-refractivity contribution in [2.24, 2.45) is 0 Å².